The number of amides is 1. The SMILES string of the molecule is CCOc1cc(C(=O)Nc2ccccc2Cc2ccccc2)ccc1OC. The summed E-state index contributed by atoms with van der Waals surface area (Å²) in [5.41, 5.74) is 3.59. The van der Waals surface area contributed by atoms with Crippen LogP contribution in [0.1, 0.15) is 28.4 Å². The largest absolute Gasteiger partial charge is 0.493 e. The number of hydrogen-bond donors (Lipinski definition) is 1. The third-order valence-corrected chi connectivity index (χ3v) is 4.23. The van der Waals surface area contributed by atoms with Gasteiger partial charge in [0.15, 0.2) is 11.5 Å². The van der Waals surface area contributed by atoms with Crippen LogP contribution in [-0.4, -0.2) is 19.6 Å². The third-order valence-electron chi connectivity index (χ3n) is 4.23. The van der Waals surface area contributed by atoms with Crippen molar-refractivity contribution in [2.45, 2.75) is 13.3 Å². The minimum atomic E-state index is -0.181. The average molecular weight is 361 g/mol. The molecular weight excluding hydrogens is 338 g/mol. The lowest BCUT2D eigenvalue weighted by atomic mass is 10.0. The van der Waals surface area contributed by atoms with Crippen LogP contribution in [0.5, 0.6) is 11.5 Å². The van der Waals surface area contributed by atoms with E-state index in [-0.39, 0.29) is 5.91 Å². The van der Waals surface area contributed by atoms with Gasteiger partial charge >= 0.3 is 0 Å². The molecule has 0 saturated carbocycles. The number of para-hydroxylation sites is 1. The summed E-state index contributed by atoms with van der Waals surface area (Å²) in [4.78, 5) is 12.8. The molecule has 0 bridgehead atoms. The van der Waals surface area contributed by atoms with Crippen LogP contribution in [0.3, 0.4) is 0 Å². The molecular formula is C23H23NO3. The highest BCUT2D eigenvalue weighted by Gasteiger charge is 2.13. The molecule has 0 radical (unpaired) electrons. The van der Waals surface area contributed by atoms with Crippen LogP contribution < -0.4 is 14.8 Å². The van der Waals surface area contributed by atoms with Crippen molar-refractivity contribution in [2.75, 3.05) is 19.0 Å². The molecule has 0 aliphatic rings. The van der Waals surface area contributed by atoms with E-state index in [2.05, 4.69) is 17.4 Å². The van der Waals surface area contributed by atoms with Crippen LogP contribution in [0.4, 0.5) is 5.69 Å². The Hall–Kier alpha value is -3.27. The first-order valence-electron chi connectivity index (χ1n) is 8.95. The van der Waals surface area contributed by atoms with Gasteiger partial charge in [-0.15, -0.1) is 0 Å². The molecule has 0 aliphatic heterocycles. The van der Waals surface area contributed by atoms with Crippen LogP contribution in [0.15, 0.2) is 72.8 Å². The molecule has 0 atom stereocenters. The Labute approximate surface area is 159 Å². The Kier molecular flexibility index (Phi) is 6.10. The average Bonchev–Trinajstić information content (AvgIpc) is 2.70. The van der Waals surface area contributed by atoms with E-state index in [9.17, 15) is 4.79 Å². The third kappa shape index (κ3) is 4.67. The van der Waals surface area contributed by atoms with Crippen molar-refractivity contribution in [3.63, 3.8) is 0 Å². The first-order chi connectivity index (χ1) is 13.2. The van der Waals surface area contributed by atoms with Crippen molar-refractivity contribution in [1.29, 1.82) is 0 Å². The predicted molar refractivity (Wildman–Crippen MR) is 108 cm³/mol. The lowest BCUT2D eigenvalue weighted by Crippen LogP contribution is -2.13. The van der Waals surface area contributed by atoms with Gasteiger partial charge < -0.3 is 14.8 Å². The second-order valence-electron chi connectivity index (χ2n) is 6.07. The molecule has 0 fully saturated rings. The van der Waals surface area contributed by atoms with Gasteiger partial charge in [0.25, 0.3) is 5.91 Å². The van der Waals surface area contributed by atoms with E-state index in [1.165, 1.54) is 5.56 Å². The zero-order valence-electron chi connectivity index (χ0n) is 15.6. The summed E-state index contributed by atoms with van der Waals surface area (Å²) < 4.78 is 10.8. The van der Waals surface area contributed by atoms with Gasteiger partial charge in [-0.25, -0.2) is 0 Å². The van der Waals surface area contributed by atoms with E-state index < -0.39 is 0 Å². The summed E-state index contributed by atoms with van der Waals surface area (Å²) in [6.07, 6.45) is 0.754. The number of benzene rings is 3. The topological polar surface area (TPSA) is 47.6 Å². The van der Waals surface area contributed by atoms with Crippen LogP contribution >= 0.6 is 0 Å². The fraction of sp³-hybridized carbons (Fsp3) is 0.174. The molecule has 3 aromatic carbocycles. The molecule has 0 aromatic heterocycles. The van der Waals surface area contributed by atoms with Crippen molar-refractivity contribution < 1.29 is 14.3 Å². The minimum absolute atomic E-state index is 0.181. The first kappa shape index (κ1) is 18.5. The van der Waals surface area contributed by atoms with E-state index in [0.717, 1.165) is 17.7 Å². The van der Waals surface area contributed by atoms with E-state index in [4.69, 9.17) is 9.47 Å². The van der Waals surface area contributed by atoms with Crippen LogP contribution in [-0.2, 0) is 6.42 Å². The molecule has 0 unspecified atom stereocenters. The Morgan fingerprint density at radius 1 is 0.926 bits per heavy atom. The summed E-state index contributed by atoms with van der Waals surface area (Å²) in [5.74, 6) is 0.988. The van der Waals surface area contributed by atoms with E-state index >= 15 is 0 Å². The van der Waals surface area contributed by atoms with Crippen molar-refractivity contribution in [1.82, 2.24) is 0 Å². The molecule has 0 aliphatic carbocycles. The van der Waals surface area contributed by atoms with Gasteiger partial charge in [-0.1, -0.05) is 48.5 Å². The fourth-order valence-electron chi connectivity index (χ4n) is 2.89. The van der Waals surface area contributed by atoms with Crippen LogP contribution in [0, 0.1) is 0 Å². The number of methoxy groups -OCH3 is 1. The molecule has 3 rings (SSSR count). The van der Waals surface area contributed by atoms with Crippen molar-refractivity contribution in [3.05, 3.63) is 89.5 Å². The Bertz CT molecular complexity index is 907. The van der Waals surface area contributed by atoms with Gasteiger partial charge in [0.2, 0.25) is 0 Å². The van der Waals surface area contributed by atoms with Crippen LogP contribution in [0.2, 0.25) is 0 Å². The summed E-state index contributed by atoms with van der Waals surface area (Å²) in [6.45, 7) is 2.40. The summed E-state index contributed by atoms with van der Waals surface area (Å²) in [5, 5.41) is 3.02. The number of ether oxygens (including phenoxy) is 2. The maximum absolute atomic E-state index is 12.8. The van der Waals surface area contributed by atoms with Gasteiger partial charge in [-0.2, -0.15) is 0 Å². The van der Waals surface area contributed by atoms with Gasteiger partial charge in [0, 0.05) is 11.3 Å². The summed E-state index contributed by atoms with van der Waals surface area (Å²) in [6, 6.07) is 23.2. The number of rotatable bonds is 7. The molecule has 3 aromatic rings. The van der Waals surface area contributed by atoms with E-state index in [1.54, 1.807) is 25.3 Å². The Morgan fingerprint density at radius 2 is 1.67 bits per heavy atom. The highest BCUT2D eigenvalue weighted by molar-refractivity contribution is 6.05. The van der Waals surface area contributed by atoms with Crippen LogP contribution in [0.25, 0.3) is 0 Å². The normalized spacial score (nSPS) is 10.3. The Morgan fingerprint density at radius 3 is 2.41 bits per heavy atom. The molecule has 1 N–H and O–H groups in total. The number of nitrogens with one attached hydrogen (secondary N) is 1. The first-order valence-corrected chi connectivity index (χ1v) is 8.95. The number of carbonyl (C=O) groups excluding carboxylic acids is 1. The number of carbonyl (C=O) groups is 1. The number of hydrogen-bond acceptors (Lipinski definition) is 3. The lowest BCUT2D eigenvalue weighted by molar-refractivity contribution is 0.102. The van der Waals surface area contributed by atoms with E-state index in [0.29, 0.717) is 23.7 Å². The molecule has 1 amide bonds. The van der Waals surface area contributed by atoms with Gasteiger partial charge in [-0.3, -0.25) is 4.79 Å². The quantitative estimate of drug-likeness (QED) is 0.649. The summed E-state index contributed by atoms with van der Waals surface area (Å²) in [7, 11) is 1.58. The van der Waals surface area contributed by atoms with Gasteiger partial charge in [0.1, 0.15) is 0 Å². The van der Waals surface area contributed by atoms with Crippen molar-refractivity contribution in [2.24, 2.45) is 0 Å². The highest BCUT2D eigenvalue weighted by atomic mass is 16.5. The zero-order chi connectivity index (χ0) is 19.1. The molecule has 0 heterocycles. The van der Waals surface area contributed by atoms with Gasteiger partial charge in [-0.05, 0) is 48.7 Å². The predicted octanol–water partition coefficient (Wildman–Crippen LogP) is 4.94. The second-order valence-corrected chi connectivity index (χ2v) is 6.07. The minimum Gasteiger partial charge on any atom is -0.493 e. The fourth-order valence-corrected chi connectivity index (χ4v) is 2.89. The van der Waals surface area contributed by atoms with Crippen molar-refractivity contribution in [3.8, 4) is 11.5 Å². The van der Waals surface area contributed by atoms with E-state index in [1.807, 2.05) is 49.4 Å². The maximum Gasteiger partial charge on any atom is 0.255 e. The lowest BCUT2D eigenvalue weighted by Gasteiger charge is -2.13. The van der Waals surface area contributed by atoms with Crippen molar-refractivity contribution >= 4 is 11.6 Å². The molecule has 138 valence electrons. The monoisotopic (exact) mass is 361 g/mol. The number of anilines is 1. The zero-order valence-corrected chi connectivity index (χ0v) is 15.6. The molecule has 0 saturated heterocycles. The molecule has 4 heteroatoms. The smallest absolute Gasteiger partial charge is 0.255 e. The van der Waals surface area contributed by atoms with Gasteiger partial charge in [0.05, 0.1) is 13.7 Å². The second kappa shape index (κ2) is 8.90. The standard InChI is InChI=1S/C23H23NO3/c1-3-27-22-16-19(13-14-21(22)26-2)23(25)24-20-12-8-7-11-18(20)15-17-9-5-4-6-10-17/h4-14,16H,3,15H2,1-2H3,(H,24,25). The highest BCUT2D eigenvalue weighted by Crippen LogP contribution is 2.28. The summed E-state index contributed by atoms with van der Waals surface area (Å²) >= 11 is 0. The molecule has 0 spiro atoms. The maximum atomic E-state index is 12.8. The molecule has 4 nitrogen and oxygen atoms in total. The molecule has 27 heavy (non-hydrogen) atoms. The Balaban J connectivity index is 1.81.